The lowest BCUT2D eigenvalue weighted by Crippen LogP contribution is -2.04. The highest BCUT2D eigenvalue weighted by Gasteiger charge is 2.12. The van der Waals surface area contributed by atoms with E-state index in [2.05, 4.69) is 23.2 Å². The minimum Gasteiger partial charge on any atom is -0.461 e. The highest BCUT2D eigenvalue weighted by atomic mass is 32.2. The number of benzene rings is 2. The second-order valence-electron chi connectivity index (χ2n) is 4.54. The molecule has 0 atom stereocenters. The Bertz CT molecular complexity index is 765. The number of ether oxygens (including phenoxy) is 1. The van der Waals surface area contributed by atoms with Crippen LogP contribution in [0.15, 0.2) is 64.4 Å². The van der Waals surface area contributed by atoms with Gasteiger partial charge in [-0.3, -0.25) is 0 Å². The first-order valence-electron chi connectivity index (χ1n) is 6.79. The van der Waals surface area contributed by atoms with Crippen molar-refractivity contribution in [3.05, 3.63) is 60.3 Å². The summed E-state index contributed by atoms with van der Waals surface area (Å²) in [6, 6.07) is 18.0. The van der Waals surface area contributed by atoms with Gasteiger partial charge < -0.3 is 9.72 Å². The molecule has 21 heavy (non-hydrogen) atoms. The van der Waals surface area contributed by atoms with Crippen molar-refractivity contribution < 1.29 is 9.53 Å². The first-order chi connectivity index (χ1) is 10.3. The van der Waals surface area contributed by atoms with Crippen LogP contribution < -0.4 is 0 Å². The van der Waals surface area contributed by atoms with Crippen LogP contribution >= 0.6 is 11.8 Å². The maximum atomic E-state index is 11.8. The van der Waals surface area contributed by atoms with Gasteiger partial charge in [0, 0.05) is 20.7 Å². The van der Waals surface area contributed by atoms with E-state index < -0.39 is 0 Å². The van der Waals surface area contributed by atoms with Gasteiger partial charge in [0.1, 0.15) is 5.69 Å². The molecular weight excluding hydrogens is 282 g/mol. The fraction of sp³-hybridized carbons (Fsp3) is 0.118. The standard InChI is InChI=1S/C17H15NO2S/c1-2-20-17(19)15-11-13-14(18-15)9-6-10-16(13)21-12-7-4-3-5-8-12/h3-11,18H,2H2,1H3. The predicted octanol–water partition coefficient (Wildman–Crippen LogP) is 4.50. The van der Waals surface area contributed by atoms with Gasteiger partial charge in [-0.05, 0) is 37.3 Å². The summed E-state index contributed by atoms with van der Waals surface area (Å²) in [5.41, 5.74) is 1.44. The average molecular weight is 297 g/mol. The molecule has 0 aliphatic heterocycles. The van der Waals surface area contributed by atoms with Gasteiger partial charge >= 0.3 is 5.97 Å². The zero-order chi connectivity index (χ0) is 14.7. The molecule has 4 heteroatoms. The summed E-state index contributed by atoms with van der Waals surface area (Å²) in [4.78, 5) is 17.2. The second-order valence-corrected chi connectivity index (χ2v) is 5.65. The van der Waals surface area contributed by atoms with Crippen LogP contribution in [0, 0.1) is 0 Å². The number of hydrogen-bond acceptors (Lipinski definition) is 3. The number of nitrogens with one attached hydrogen (secondary N) is 1. The molecule has 1 aromatic heterocycles. The summed E-state index contributed by atoms with van der Waals surface area (Å²) >= 11 is 1.68. The number of rotatable bonds is 4. The van der Waals surface area contributed by atoms with Crippen molar-refractivity contribution in [3.8, 4) is 0 Å². The second kappa shape index (κ2) is 6.06. The van der Waals surface area contributed by atoms with Crippen molar-refractivity contribution in [2.75, 3.05) is 6.61 Å². The first-order valence-corrected chi connectivity index (χ1v) is 7.61. The molecule has 0 saturated carbocycles. The molecule has 0 aliphatic rings. The zero-order valence-corrected chi connectivity index (χ0v) is 12.4. The molecule has 3 nitrogen and oxygen atoms in total. The van der Waals surface area contributed by atoms with E-state index in [4.69, 9.17) is 4.74 Å². The van der Waals surface area contributed by atoms with Gasteiger partial charge in [-0.25, -0.2) is 4.79 Å². The monoisotopic (exact) mass is 297 g/mol. The normalized spacial score (nSPS) is 10.7. The van der Waals surface area contributed by atoms with Crippen molar-refractivity contribution in [2.45, 2.75) is 16.7 Å². The predicted molar refractivity (Wildman–Crippen MR) is 84.8 cm³/mol. The van der Waals surface area contributed by atoms with E-state index in [-0.39, 0.29) is 5.97 Å². The highest BCUT2D eigenvalue weighted by Crippen LogP contribution is 2.33. The molecule has 0 amide bonds. The molecule has 3 rings (SSSR count). The molecule has 0 spiro atoms. The van der Waals surface area contributed by atoms with Crippen LogP contribution in [0.25, 0.3) is 10.9 Å². The van der Waals surface area contributed by atoms with E-state index in [0.29, 0.717) is 12.3 Å². The van der Waals surface area contributed by atoms with E-state index >= 15 is 0 Å². The Morgan fingerprint density at radius 2 is 1.95 bits per heavy atom. The Morgan fingerprint density at radius 1 is 1.14 bits per heavy atom. The van der Waals surface area contributed by atoms with Gasteiger partial charge in [-0.15, -0.1) is 0 Å². The van der Waals surface area contributed by atoms with Crippen molar-refractivity contribution >= 4 is 28.6 Å². The van der Waals surface area contributed by atoms with E-state index in [1.807, 2.05) is 36.4 Å². The van der Waals surface area contributed by atoms with Gasteiger partial charge in [0.15, 0.2) is 0 Å². The van der Waals surface area contributed by atoms with Gasteiger partial charge in [0.05, 0.1) is 6.61 Å². The van der Waals surface area contributed by atoms with Crippen LogP contribution in [0.4, 0.5) is 0 Å². The topological polar surface area (TPSA) is 42.1 Å². The molecule has 2 aromatic carbocycles. The lowest BCUT2D eigenvalue weighted by molar-refractivity contribution is 0.0520. The third kappa shape index (κ3) is 2.95. The number of aromatic amines is 1. The molecule has 1 N–H and O–H groups in total. The minimum absolute atomic E-state index is 0.315. The summed E-state index contributed by atoms with van der Waals surface area (Å²) in [6.07, 6.45) is 0. The highest BCUT2D eigenvalue weighted by molar-refractivity contribution is 7.99. The van der Waals surface area contributed by atoms with Gasteiger partial charge in [-0.2, -0.15) is 0 Å². The number of H-pyrrole nitrogens is 1. The summed E-state index contributed by atoms with van der Waals surface area (Å²) in [7, 11) is 0. The van der Waals surface area contributed by atoms with E-state index in [9.17, 15) is 4.79 Å². The van der Waals surface area contributed by atoms with Crippen LogP contribution in [0.3, 0.4) is 0 Å². The SMILES string of the molecule is CCOC(=O)c1cc2c(Sc3ccccc3)cccc2[nH]1. The minimum atomic E-state index is -0.315. The number of esters is 1. The summed E-state index contributed by atoms with van der Waals surface area (Å²) in [6.45, 7) is 2.18. The zero-order valence-electron chi connectivity index (χ0n) is 11.6. The summed E-state index contributed by atoms with van der Waals surface area (Å²) in [5.74, 6) is -0.315. The van der Waals surface area contributed by atoms with Crippen LogP contribution in [-0.4, -0.2) is 17.6 Å². The molecule has 0 saturated heterocycles. The summed E-state index contributed by atoms with van der Waals surface area (Å²) < 4.78 is 5.04. The van der Waals surface area contributed by atoms with Crippen LogP contribution in [0.2, 0.25) is 0 Å². The first kappa shape index (κ1) is 13.8. The largest absolute Gasteiger partial charge is 0.461 e. The van der Waals surface area contributed by atoms with Crippen LogP contribution in [-0.2, 0) is 4.74 Å². The number of carbonyl (C=O) groups is 1. The lowest BCUT2D eigenvalue weighted by atomic mass is 10.2. The summed E-state index contributed by atoms with van der Waals surface area (Å²) in [5, 5.41) is 1.04. The molecule has 1 heterocycles. The molecule has 0 fully saturated rings. The molecule has 106 valence electrons. The molecule has 0 unspecified atom stereocenters. The average Bonchev–Trinajstić information content (AvgIpc) is 2.94. The third-order valence-corrected chi connectivity index (χ3v) is 4.17. The smallest absolute Gasteiger partial charge is 0.354 e. The molecule has 3 aromatic rings. The molecule has 0 radical (unpaired) electrons. The number of carbonyl (C=O) groups excluding carboxylic acids is 1. The quantitative estimate of drug-likeness (QED) is 0.721. The number of hydrogen-bond donors (Lipinski definition) is 1. The lowest BCUT2D eigenvalue weighted by Gasteiger charge is -2.02. The maximum absolute atomic E-state index is 11.8. The van der Waals surface area contributed by atoms with Gasteiger partial charge in [0.2, 0.25) is 0 Å². The Hall–Kier alpha value is -2.20. The van der Waals surface area contributed by atoms with Crippen molar-refractivity contribution in [1.82, 2.24) is 4.98 Å². The third-order valence-electron chi connectivity index (χ3n) is 3.09. The molecule has 0 bridgehead atoms. The maximum Gasteiger partial charge on any atom is 0.354 e. The fourth-order valence-electron chi connectivity index (χ4n) is 2.15. The Morgan fingerprint density at radius 3 is 2.71 bits per heavy atom. The number of aromatic nitrogens is 1. The number of fused-ring (bicyclic) bond motifs is 1. The fourth-order valence-corrected chi connectivity index (χ4v) is 3.12. The Labute approximate surface area is 127 Å². The van der Waals surface area contributed by atoms with E-state index in [0.717, 1.165) is 15.8 Å². The van der Waals surface area contributed by atoms with Crippen LogP contribution in [0.1, 0.15) is 17.4 Å². The van der Waals surface area contributed by atoms with E-state index in [1.54, 1.807) is 18.7 Å². The molecular formula is C17H15NO2S. The molecule has 0 aliphatic carbocycles. The van der Waals surface area contributed by atoms with Crippen LogP contribution in [0.5, 0.6) is 0 Å². The Kier molecular flexibility index (Phi) is 3.97. The van der Waals surface area contributed by atoms with Gasteiger partial charge in [-0.1, -0.05) is 36.0 Å². The van der Waals surface area contributed by atoms with Crippen molar-refractivity contribution in [1.29, 1.82) is 0 Å². The van der Waals surface area contributed by atoms with E-state index in [1.165, 1.54) is 4.90 Å². The van der Waals surface area contributed by atoms with Crippen molar-refractivity contribution in [2.24, 2.45) is 0 Å². The van der Waals surface area contributed by atoms with Crippen molar-refractivity contribution in [3.63, 3.8) is 0 Å². The van der Waals surface area contributed by atoms with Gasteiger partial charge in [0.25, 0.3) is 0 Å². The Balaban J connectivity index is 1.98.